The number of halogens is 3. The maximum atomic E-state index is 12.2. The minimum Gasteiger partial charge on any atom is -0.329 e. The number of rotatable bonds is 8. The van der Waals surface area contributed by atoms with Gasteiger partial charge in [-0.1, -0.05) is 6.92 Å². The first kappa shape index (κ1) is 15.8. The molecule has 0 amide bonds. The van der Waals surface area contributed by atoms with E-state index in [1.165, 1.54) is 12.8 Å². The van der Waals surface area contributed by atoms with Crippen molar-refractivity contribution in [2.24, 2.45) is 11.7 Å². The van der Waals surface area contributed by atoms with E-state index >= 15 is 0 Å². The van der Waals surface area contributed by atoms with E-state index in [2.05, 4.69) is 11.8 Å². The summed E-state index contributed by atoms with van der Waals surface area (Å²) in [6.07, 6.45) is -1.58. The lowest BCUT2D eigenvalue weighted by Crippen LogP contribution is -2.52. The van der Waals surface area contributed by atoms with Gasteiger partial charge in [0.2, 0.25) is 0 Å². The molecule has 0 heterocycles. The van der Waals surface area contributed by atoms with E-state index in [1.54, 1.807) is 0 Å². The smallest absolute Gasteiger partial charge is 0.329 e. The first-order chi connectivity index (χ1) is 8.30. The van der Waals surface area contributed by atoms with Gasteiger partial charge in [-0.25, -0.2) is 0 Å². The molecule has 108 valence electrons. The fourth-order valence-corrected chi connectivity index (χ4v) is 2.40. The van der Waals surface area contributed by atoms with Crippen LogP contribution < -0.4 is 5.73 Å². The fraction of sp³-hybridized carbons (Fsp3) is 1.00. The van der Waals surface area contributed by atoms with Crippen LogP contribution >= 0.6 is 0 Å². The summed E-state index contributed by atoms with van der Waals surface area (Å²) < 4.78 is 36.6. The molecule has 0 aromatic rings. The molecule has 1 saturated carbocycles. The molecule has 18 heavy (non-hydrogen) atoms. The average Bonchev–Trinajstić information content (AvgIpc) is 3.07. The molecule has 5 heteroatoms. The van der Waals surface area contributed by atoms with Crippen LogP contribution in [-0.4, -0.2) is 36.2 Å². The monoisotopic (exact) mass is 266 g/mol. The van der Waals surface area contributed by atoms with Gasteiger partial charge in [0.1, 0.15) is 0 Å². The van der Waals surface area contributed by atoms with Gasteiger partial charge in [-0.2, -0.15) is 13.2 Å². The summed E-state index contributed by atoms with van der Waals surface area (Å²) in [6, 6.07) is 0. The van der Waals surface area contributed by atoms with Crippen molar-refractivity contribution in [3.8, 4) is 0 Å². The van der Waals surface area contributed by atoms with Gasteiger partial charge in [0.05, 0.1) is 0 Å². The molecule has 1 rings (SSSR count). The standard InChI is InChI=1S/C13H25F3N2/c1-3-18(9-11-5-6-11)12(2,10-17)7-4-8-13(14,15)16/h11H,3-10,17H2,1-2H3. The van der Waals surface area contributed by atoms with E-state index in [1.807, 2.05) is 6.92 Å². The molecule has 0 saturated heterocycles. The van der Waals surface area contributed by atoms with Gasteiger partial charge >= 0.3 is 6.18 Å². The van der Waals surface area contributed by atoms with Crippen molar-refractivity contribution in [1.29, 1.82) is 0 Å². The van der Waals surface area contributed by atoms with Crippen LogP contribution in [0.3, 0.4) is 0 Å². The highest BCUT2D eigenvalue weighted by molar-refractivity contribution is 4.90. The number of alkyl halides is 3. The Balaban J connectivity index is 2.47. The number of nitrogens with two attached hydrogens (primary N) is 1. The molecule has 1 unspecified atom stereocenters. The molecule has 1 aliphatic rings. The zero-order valence-corrected chi connectivity index (χ0v) is 11.4. The summed E-state index contributed by atoms with van der Waals surface area (Å²) in [4.78, 5) is 2.26. The number of likely N-dealkylation sites (N-methyl/N-ethyl adjacent to an activating group) is 1. The molecule has 2 nitrogen and oxygen atoms in total. The first-order valence-electron chi connectivity index (χ1n) is 6.82. The summed E-state index contributed by atoms with van der Waals surface area (Å²) in [7, 11) is 0. The molecule has 0 spiro atoms. The van der Waals surface area contributed by atoms with Crippen LogP contribution in [0.25, 0.3) is 0 Å². The molecule has 0 aromatic heterocycles. The molecule has 0 bridgehead atoms. The Bertz CT molecular complexity index is 251. The van der Waals surface area contributed by atoms with Gasteiger partial charge in [-0.3, -0.25) is 4.90 Å². The van der Waals surface area contributed by atoms with Crippen molar-refractivity contribution in [1.82, 2.24) is 4.90 Å². The van der Waals surface area contributed by atoms with Crippen LogP contribution in [-0.2, 0) is 0 Å². The largest absolute Gasteiger partial charge is 0.389 e. The van der Waals surface area contributed by atoms with E-state index in [0.29, 0.717) is 13.0 Å². The molecule has 0 aliphatic heterocycles. The van der Waals surface area contributed by atoms with Gasteiger partial charge in [0.15, 0.2) is 0 Å². The third-order valence-corrected chi connectivity index (χ3v) is 3.94. The topological polar surface area (TPSA) is 29.3 Å². The molecule has 1 fully saturated rings. The van der Waals surface area contributed by atoms with Gasteiger partial charge in [0, 0.05) is 25.0 Å². The van der Waals surface area contributed by atoms with E-state index in [0.717, 1.165) is 19.0 Å². The van der Waals surface area contributed by atoms with Crippen molar-refractivity contribution in [2.45, 2.75) is 57.7 Å². The second-order valence-corrected chi connectivity index (χ2v) is 5.65. The van der Waals surface area contributed by atoms with Crippen molar-refractivity contribution < 1.29 is 13.2 Å². The lowest BCUT2D eigenvalue weighted by Gasteiger charge is -2.40. The highest BCUT2D eigenvalue weighted by atomic mass is 19.4. The minimum atomic E-state index is -4.05. The van der Waals surface area contributed by atoms with E-state index in [-0.39, 0.29) is 12.0 Å². The predicted molar refractivity (Wildman–Crippen MR) is 67.3 cm³/mol. The number of hydrogen-bond acceptors (Lipinski definition) is 2. The number of hydrogen-bond donors (Lipinski definition) is 1. The Morgan fingerprint density at radius 1 is 1.22 bits per heavy atom. The average molecular weight is 266 g/mol. The SMILES string of the molecule is CCN(CC1CC1)C(C)(CN)CCCC(F)(F)F. The van der Waals surface area contributed by atoms with Gasteiger partial charge < -0.3 is 5.73 Å². The lowest BCUT2D eigenvalue weighted by atomic mass is 9.92. The van der Waals surface area contributed by atoms with Gasteiger partial charge in [-0.05, 0) is 45.1 Å². The van der Waals surface area contributed by atoms with Gasteiger partial charge in [0.25, 0.3) is 0 Å². The zero-order valence-electron chi connectivity index (χ0n) is 11.4. The second kappa shape index (κ2) is 6.24. The van der Waals surface area contributed by atoms with Crippen LogP contribution in [0.1, 0.15) is 46.0 Å². The molecule has 2 N–H and O–H groups in total. The molecule has 0 aromatic carbocycles. The third kappa shape index (κ3) is 5.14. The summed E-state index contributed by atoms with van der Waals surface area (Å²) >= 11 is 0. The van der Waals surface area contributed by atoms with E-state index < -0.39 is 12.6 Å². The minimum absolute atomic E-state index is 0.165. The van der Waals surface area contributed by atoms with Crippen LogP contribution in [0.4, 0.5) is 13.2 Å². The van der Waals surface area contributed by atoms with Crippen molar-refractivity contribution >= 4 is 0 Å². The Labute approximate surface area is 108 Å². The number of nitrogens with zero attached hydrogens (tertiary/aromatic N) is 1. The Kier molecular flexibility index (Phi) is 5.46. The normalized spacial score (nSPS) is 20.2. The Morgan fingerprint density at radius 3 is 2.22 bits per heavy atom. The summed E-state index contributed by atoms with van der Waals surface area (Å²) in [5.41, 5.74) is 5.52. The van der Waals surface area contributed by atoms with Crippen molar-refractivity contribution in [3.63, 3.8) is 0 Å². The molecule has 1 atom stereocenters. The van der Waals surface area contributed by atoms with E-state index in [9.17, 15) is 13.2 Å². The molecule has 0 radical (unpaired) electrons. The molecular formula is C13H25F3N2. The van der Waals surface area contributed by atoms with E-state index in [4.69, 9.17) is 5.73 Å². The van der Waals surface area contributed by atoms with Crippen LogP contribution in [0, 0.1) is 5.92 Å². The highest BCUT2D eigenvalue weighted by Crippen LogP contribution is 2.33. The van der Waals surface area contributed by atoms with Crippen molar-refractivity contribution in [2.75, 3.05) is 19.6 Å². The van der Waals surface area contributed by atoms with Gasteiger partial charge in [-0.15, -0.1) is 0 Å². The third-order valence-electron chi connectivity index (χ3n) is 3.94. The molecular weight excluding hydrogens is 241 g/mol. The highest BCUT2D eigenvalue weighted by Gasteiger charge is 2.35. The summed E-state index contributed by atoms with van der Waals surface area (Å²) in [6.45, 7) is 6.31. The maximum Gasteiger partial charge on any atom is 0.389 e. The Morgan fingerprint density at radius 2 is 1.83 bits per heavy atom. The lowest BCUT2D eigenvalue weighted by molar-refractivity contribution is -0.136. The van der Waals surface area contributed by atoms with Crippen LogP contribution in [0.5, 0.6) is 0 Å². The van der Waals surface area contributed by atoms with Crippen molar-refractivity contribution in [3.05, 3.63) is 0 Å². The first-order valence-corrected chi connectivity index (χ1v) is 6.82. The maximum absolute atomic E-state index is 12.2. The summed E-state index contributed by atoms with van der Waals surface area (Å²) in [5.74, 6) is 0.735. The van der Waals surface area contributed by atoms with Crippen LogP contribution in [0.2, 0.25) is 0 Å². The quantitative estimate of drug-likeness (QED) is 0.731. The zero-order chi connectivity index (χ0) is 13.8. The summed E-state index contributed by atoms with van der Waals surface area (Å²) in [5, 5.41) is 0. The fourth-order valence-electron chi connectivity index (χ4n) is 2.40. The Hall–Kier alpha value is -0.290. The van der Waals surface area contributed by atoms with Crippen LogP contribution in [0.15, 0.2) is 0 Å². The molecule has 1 aliphatic carbocycles. The second-order valence-electron chi connectivity index (χ2n) is 5.65. The predicted octanol–water partition coefficient (Wildman–Crippen LogP) is 3.17.